The Bertz CT molecular complexity index is 2750. The van der Waals surface area contributed by atoms with Crippen LogP contribution in [0.2, 0.25) is 0 Å². The van der Waals surface area contributed by atoms with E-state index in [1.54, 1.807) is 19.1 Å². The van der Waals surface area contributed by atoms with Gasteiger partial charge in [0, 0.05) is 36.7 Å². The molecule has 13 atom stereocenters. The number of pyridine rings is 1. The zero-order valence-electron chi connectivity index (χ0n) is 47.8. The Morgan fingerprint density at radius 2 is 1.17 bits per heavy atom. The lowest BCUT2D eigenvalue weighted by Gasteiger charge is -2.64. The fraction of sp³-hybridized carbons (Fsp3) is 0.597. The lowest BCUT2D eigenvalue weighted by molar-refractivity contribution is -0.199. The van der Waals surface area contributed by atoms with Crippen LogP contribution in [-0.2, 0) is 34.6 Å². The fourth-order valence-corrected chi connectivity index (χ4v) is 14.3. The molecule has 6 saturated carbocycles. The van der Waals surface area contributed by atoms with Gasteiger partial charge < -0.3 is 34.4 Å². The molecule has 2 aromatic heterocycles. The lowest BCUT2D eigenvalue weighted by atomic mass is 9.43. The van der Waals surface area contributed by atoms with Crippen molar-refractivity contribution in [2.24, 2.45) is 58.2 Å². The maximum atomic E-state index is 13.8. The van der Waals surface area contributed by atoms with Crippen molar-refractivity contribution >= 4 is 37.6 Å². The Kier molecular flexibility index (Phi) is 17.1. The first-order valence-corrected chi connectivity index (χ1v) is 28.8. The van der Waals surface area contributed by atoms with Gasteiger partial charge in [0.25, 0.3) is 0 Å². The molecule has 12 rings (SSSR count). The number of aliphatic hydroxyl groups is 1. The quantitative estimate of drug-likeness (QED) is 0.0563. The number of ketones is 2. The molecule has 2 aromatic carbocycles. The van der Waals surface area contributed by atoms with Gasteiger partial charge in [0.1, 0.15) is 11.4 Å². The molecule has 416 valence electrons. The van der Waals surface area contributed by atoms with Crippen molar-refractivity contribution in [1.82, 2.24) is 25.6 Å². The number of carbonyl (C=O) groups excluding carboxylic acids is 4. The summed E-state index contributed by atoms with van der Waals surface area (Å²) in [5.41, 5.74) is 2.92. The number of hydrogen-bond donors (Lipinski definition) is 3. The zero-order valence-corrected chi connectivity index (χ0v) is 47.8. The van der Waals surface area contributed by atoms with Crippen LogP contribution in [0.3, 0.4) is 0 Å². The maximum absolute atomic E-state index is 13.8. The number of nitrogens with zero attached hydrogens (tertiary/aromatic N) is 3. The van der Waals surface area contributed by atoms with Crippen molar-refractivity contribution in [1.29, 1.82) is 0 Å². The first-order chi connectivity index (χ1) is 37.0. The largest absolute Gasteiger partial charge is 0.481 e. The van der Waals surface area contributed by atoms with Gasteiger partial charge in [-0.15, -0.1) is 0 Å². The average Bonchev–Trinajstić information content (AvgIpc) is 3.60. The van der Waals surface area contributed by atoms with Crippen molar-refractivity contribution in [2.75, 3.05) is 0 Å². The van der Waals surface area contributed by atoms with E-state index in [4.69, 9.17) is 18.6 Å². The molecule has 8 fully saturated rings. The maximum Gasteiger partial charge on any atom is 0.481 e. The summed E-state index contributed by atoms with van der Waals surface area (Å²) in [5.74, 6) is -0.360. The summed E-state index contributed by atoms with van der Waals surface area (Å²) in [6.07, 6.45) is 9.60. The molecule has 16 heteroatoms. The molecule has 3 N–H and O–H groups in total. The number of hydrogen-bond acceptors (Lipinski definition) is 12. The molecule has 0 radical (unpaired) electrons. The van der Waals surface area contributed by atoms with Crippen LogP contribution in [0.25, 0.3) is 11.3 Å². The van der Waals surface area contributed by atoms with Crippen molar-refractivity contribution in [3.05, 3.63) is 114 Å². The predicted molar refractivity (Wildman–Crippen MR) is 301 cm³/mol. The van der Waals surface area contributed by atoms with Gasteiger partial charge in [-0.3, -0.25) is 24.2 Å². The summed E-state index contributed by atoms with van der Waals surface area (Å²) in [6, 6.07) is 24.8. The molecule has 4 aromatic rings. The molecule has 2 saturated heterocycles. The second-order valence-electron chi connectivity index (χ2n) is 26.0. The van der Waals surface area contributed by atoms with E-state index in [9.17, 15) is 24.3 Å². The lowest BCUT2D eigenvalue weighted by Crippen LogP contribution is -2.65. The minimum atomic E-state index is -1.01. The molecule has 4 heterocycles. The highest BCUT2D eigenvalue weighted by Crippen LogP contribution is 2.67. The number of amides is 2. The molecule has 6 aliphatic carbocycles. The van der Waals surface area contributed by atoms with Crippen LogP contribution < -0.4 is 10.6 Å². The van der Waals surface area contributed by atoms with Crippen molar-refractivity contribution < 1.29 is 42.9 Å². The van der Waals surface area contributed by atoms with Gasteiger partial charge >= 0.3 is 14.2 Å². The number of aliphatic hydroxyl groups excluding tert-OH is 1. The Morgan fingerprint density at radius 1 is 0.641 bits per heavy atom. The standard InChI is InChI=1S/C32H43BN2O5.C30H40BN3O4/c1-19(2)15-29(33-39-28-17-22-16-27(31(22,4)5)32(28,6)40-33)35-30(38)23(20(3)36)18-26(37)25-14-10-13-24(34-25)21-11-8-7-9-12-21;1-19(2)13-27(31-37-26-17-22-16-25(29(22,3)4)30(26,5)38-31)34-28(36)21(14-20-9-7-6-8-10-20)15-24(35)23-18-32-11-12-33-23/h7-14,19-20,22-23,27-29,36H,15-18H2,1-6H3,(H,35,38);6-12,18-19,21-22,25-27H,13-17H2,1-5H3,(H,34,36)/t20-,22+,23+,27+,28?,29+,32+;21-,22+,25+,26?,27+,30+/m11/s1. The van der Waals surface area contributed by atoms with E-state index in [-0.39, 0.29) is 99.7 Å². The van der Waals surface area contributed by atoms with Crippen molar-refractivity contribution in [3.8, 4) is 11.3 Å². The Hall–Kier alpha value is -5.12. The molecule has 2 unspecified atom stereocenters. The van der Waals surface area contributed by atoms with Crippen LogP contribution in [0.4, 0.5) is 0 Å². The molecule has 14 nitrogen and oxygen atoms in total. The summed E-state index contributed by atoms with van der Waals surface area (Å²) < 4.78 is 26.4. The minimum absolute atomic E-state index is 0.0120. The summed E-state index contributed by atoms with van der Waals surface area (Å²) in [4.78, 5) is 66.5. The van der Waals surface area contributed by atoms with Crippen LogP contribution in [0, 0.1) is 58.2 Å². The van der Waals surface area contributed by atoms with Crippen molar-refractivity contribution in [2.45, 2.75) is 175 Å². The number of aromatic nitrogens is 3. The molecular formula is C62H83B2N5O9. The van der Waals surface area contributed by atoms with Gasteiger partial charge in [0.15, 0.2) is 11.6 Å². The van der Waals surface area contributed by atoms with Gasteiger partial charge in [-0.2, -0.15) is 0 Å². The Labute approximate surface area is 463 Å². The average molecular weight is 1060 g/mol. The second-order valence-corrected chi connectivity index (χ2v) is 26.0. The van der Waals surface area contributed by atoms with Crippen LogP contribution in [0.5, 0.6) is 0 Å². The molecule has 2 amide bonds. The highest BCUT2D eigenvalue weighted by atomic mass is 16.7. The van der Waals surface area contributed by atoms with E-state index >= 15 is 0 Å². The van der Waals surface area contributed by atoms with Crippen LogP contribution in [0.15, 0.2) is 97.5 Å². The fourth-order valence-electron chi connectivity index (χ4n) is 14.3. The molecule has 8 aliphatic rings. The van der Waals surface area contributed by atoms with Crippen LogP contribution in [-0.4, -0.2) is 99.1 Å². The Balaban J connectivity index is 0.000000190. The smallest absolute Gasteiger partial charge is 0.404 e. The van der Waals surface area contributed by atoms with Gasteiger partial charge in [-0.05, 0) is 130 Å². The summed E-state index contributed by atoms with van der Waals surface area (Å²) in [5, 5.41) is 17.0. The first kappa shape index (κ1) is 57.6. The van der Waals surface area contributed by atoms with Crippen LogP contribution in [0.1, 0.15) is 154 Å². The molecular weight excluding hydrogens is 980 g/mol. The first-order valence-electron chi connectivity index (χ1n) is 28.8. The third-order valence-corrected chi connectivity index (χ3v) is 19.1. The molecule has 78 heavy (non-hydrogen) atoms. The monoisotopic (exact) mass is 1060 g/mol. The number of carbonyl (C=O) groups is 4. The van der Waals surface area contributed by atoms with Gasteiger partial charge in [-0.1, -0.05) is 122 Å². The minimum Gasteiger partial charge on any atom is -0.404 e. The van der Waals surface area contributed by atoms with E-state index in [1.807, 2.05) is 66.7 Å². The molecule has 4 bridgehead atoms. The molecule has 2 aliphatic heterocycles. The highest BCUT2D eigenvalue weighted by Gasteiger charge is 2.70. The SMILES string of the molecule is CC(C)C[C@H](NC(=O)[C@@H](CC(=O)c1cccc(-c2ccccc2)n1)[C@@H](C)O)B1OC2C[C@@H]3C[C@@H](C3(C)C)[C@]2(C)O1.CC(C)C[C@H](NC(=O)[C@@H](CC(=O)c1cnccn1)Cc1ccccc1)B1OC2C[C@@H]3C[C@@H](C3(C)C)[C@]2(C)O1. The van der Waals surface area contributed by atoms with Gasteiger partial charge in [0.05, 0.1) is 59.2 Å². The number of benzene rings is 2. The third kappa shape index (κ3) is 11.9. The van der Waals surface area contributed by atoms with E-state index in [0.29, 0.717) is 48.1 Å². The second kappa shape index (κ2) is 23.2. The topological polar surface area (TPSA) is 188 Å². The van der Waals surface area contributed by atoms with Crippen molar-refractivity contribution in [3.63, 3.8) is 0 Å². The van der Waals surface area contributed by atoms with Gasteiger partial charge in [0.2, 0.25) is 11.8 Å². The normalized spacial score (nSPS) is 28.8. The number of nitrogens with one attached hydrogen (secondary N) is 2. The summed E-state index contributed by atoms with van der Waals surface area (Å²) in [7, 11) is -1.06. The van der Waals surface area contributed by atoms with E-state index in [1.165, 1.54) is 25.0 Å². The summed E-state index contributed by atoms with van der Waals surface area (Å²) in [6.45, 7) is 23.7. The highest BCUT2D eigenvalue weighted by molar-refractivity contribution is 6.48. The molecule has 0 spiro atoms. The van der Waals surface area contributed by atoms with E-state index < -0.39 is 32.2 Å². The van der Waals surface area contributed by atoms with Gasteiger partial charge in [-0.25, -0.2) is 9.97 Å². The van der Waals surface area contributed by atoms with E-state index in [2.05, 4.69) is 94.8 Å². The van der Waals surface area contributed by atoms with Crippen LogP contribution >= 0.6 is 0 Å². The van der Waals surface area contributed by atoms with E-state index in [0.717, 1.165) is 36.8 Å². The number of Topliss-reactive ketones (excluding diaryl/α,β-unsaturated/α-hetero) is 2. The predicted octanol–water partition coefficient (Wildman–Crippen LogP) is 9.82. The number of rotatable bonds is 20. The third-order valence-electron chi connectivity index (χ3n) is 19.1. The summed E-state index contributed by atoms with van der Waals surface area (Å²) >= 11 is 0. The Morgan fingerprint density at radius 3 is 1.67 bits per heavy atom. The zero-order chi connectivity index (χ0) is 55.9.